The Kier molecular flexibility index (Phi) is 4.17. The van der Waals surface area contributed by atoms with Gasteiger partial charge in [-0.25, -0.2) is 12.7 Å². The van der Waals surface area contributed by atoms with E-state index in [0.29, 0.717) is 31.8 Å². The molecule has 2 aliphatic rings. The normalized spacial score (nSPS) is 24.1. The lowest BCUT2D eigenvalue weighted by molar-refractivity contribution is -0.150. The molecule has 1 N–H and O–H groups in total. The Morgan fingerprint density at radius 2 is 1.95 bits per heavy atom. The van der Waals surface area contributed by atoms with E-state index in [1.165, 1.54) is 30.5 Å². The molecule has 0 aromatic rings. The maximum atomic E-state index is 12.0. The molecule has 6 nitrogen and oxygen atoms in total. The molecule has 1 aliphatic heterocycles. The molecule has 0 bridgehead atoms. The molecule has 1 saturated carbocycles. The van der Waals surface area contributed by atoms with Gasteiger partial charge in [-0.3, -0.25) is 4.79 Å². The monoisotopic (exact) mass is 290 g/mol. The highest BCUT2D eigenvalue weighted by atomic mass is 32.2. The van der Waals surface area contributed by atoms with E-state index in [-0.39, 0.29) is 5.97 Å². The Labute approximate surface area is 114 Å². The molecule has 0 unspecified atom stereocenters. The zero-order valence-electron chi connectivity index (χ0n) is 11.5. The van der Waals surface area contributed by atoms with Gasteiger partial charge in [-0.05, 0) is 38.1 Å². The van der Waals surface area contributed by atoms with Crippen molar-refractivity contribution in [3.05, 3.63) is 0 Å². The number of hydrogen-bond donors (Lipinski definition) is 1. The van der Waals surface area contributed by atoms with Crippen molar-refractivity contribution in [2.45, 2.75) is 31.2 Å². The molecule has 2 fully saturated rings. The van der Waals surface area contributed by atoms with Gasteiger partial charge in [0.05, 0.1) is 13.4 Å². The van der Waals surface area contributed by atoms with Crippen LogP contribution in [0, 0.1) is 5.92 Å². The van der Waals surface area contributed by atoms with Crippen molar-refractivity contribution >= 4 is 16.0 Å². The third kappa shape index (κ3) is 3.46. The van der Waals surface area contributed by atoms with Crippen LogP contribution in [0.3, 0.4) is 0 Å². The van der Waals surface area contributed by atoms with E-state index in [1.807, 2.05) is 0 Å². The van der Waals surface area contributed by atoms with E-state index in [4.69, 9.17) is 4.74 Å². The van der Waals surface area contributed by atoms with Crippen molar-refractivity contribution in [1.29, 1.82) is 0 Å². The van der Waals surface area contributed by atoms with Crippen LogP contribution in [0.2, 0.25) is 0 Å². The summed E-state index contributed by atoms with van der Waals surface area (Å²) in [6.07, 6.45) is 4.56. The first-order chi connectivity index (χ1) is 8.87. The lowest BCUT2D eigenvalue weighted by Crippen LogP contribution is -2.59. The molecule has 1 aliphatic carbocycles. The van der Waals surface area contributed by atoms with Gasteiger partial charge in [-0.15, -0.1) is 0 Å². The lowest BCUT2D eigenvalue weighted by Gasteiger charge is -2.39. The van der Waals surface area contributed by atoms with Crippen LogP contribution in [0.25, 0.3) is 0 Å². The summed E-state index contributed by atoms with van der Waals surface area (Å²) in [5, 5.41) is 3.32. The highest BCUT2D eigenvalue weighted by Crippen LogP contribution is 2.31. The first kappa shape index (κ1) is 14.7. The van der Waals surface area contributed by atoms with Crippen LogP contribution in [0.5, 0.6) is 0 Å². The summed E-state index contributed by atoms with van der Waals surface area (Å²) < 4.78 is 29.3. The summed E-state index contributed by atoms with van der Waals surface area (Å²) >= 11 is 0. The molecule has 0 atom stereocenters. The third-order valence-corrected chi connectivity index (χ3v) is 5.35. The number of esters is 1. The number of ether oxygens (including phenoxy) is 1. The number of nitrogens with zero attached hydrogens (tertiary/aromatic N) is 1. The van der Waals surface area contributed by atoms with Crippen molar-refractivity contribution in [3.8, 4) is 0 Å². The summed E-state index contributed by atoms with van der Waals surface area (Å²) in [6, 6.07) is 0. The molecule has 0 amide bonds. The minimum absolute atomic E-state index is 0.277. The summed E-state index contributed by atoms with van der Waals surface area (Å²) in [5.41, 5.74) is -0.710. The molecule has 110 valence electrons. The molecule has 1 saturated heterocycles. The maximum Gasteiger partial charge on any atom is 0.326 e. The van der Waals surface area contributed by atoms with Gasteiger partial charge < -0.3 is 10.1 Å². The minimum Gasteiger partial charge on any atom is -0.468 e. The summed E-state index contributed by atoms with van der Waals surface area (Å²) in [7, 11) is -1.79. The van der Waals surface area contributed by atoms with E-state index in [2.05, 4.69) is 5.32 Å². The van der Waals surface area contributed by atoms with Crippen molar-refractivity contribution in [3.63, 3.8) is 0 Å². The SMILES string of the molecule is COC(=O)C1(NCC2CC2)CCN(S(C)(=O)=O)CC1. The van der Waals surface area contributed by atoms with E-state index in [0.717, 1.165) is 6.54 Å². The number of carbonyl (C=O) groups is 1. The lowest BCUT2D eigenvalue weighted by atomic mass is 9.88. The van der Waals surface area contributed by atoms with Crippen LogP contribution in [0.15, 0.2) is 0 Å². The fourth-order valence-electron chi connectivity index (χ4n) is 2.51. The number of piperidine rings is 1. The molecular formula is C12H22N2O4S. The van der Waals surface area contributed by atoms with Gasteiger partial charge in [0.25, 0.3) is 0 Å². The fraction of sp³-hybridized carbons (Fsp3) is 0.917. The largest absolute Gasteiger partial charge is 0.468 e. The van der Waals surface area contributed by atoms with E-state index in [9.17, 15) is 13.2 Å². The molecular weight excluding hydrogens is 268 g/mol. The average Bonchev–Trinajstić information content (AvgIpc) is 3.19. The fourth-order valence-corrected chi connectivity index (χ4v) is 3.36. The number of rotatable bonds is 5. The highest BCUT2D eigenvalue weighted by Gasteiger charge is 2.44. The molecule has 2 rings (SSSR count). The van der Waals surface area contributed by atoms with Gasteiger partial charge in [-0.1, -0.05) is 0 Å². The number of methoxy groups -OCH3 is 1. The van der Waals surface area contributed by atoms with E-state index >= 15 is 0 Å². The topological polar surface area (TPSA) is 75.7 Å². The van der Waals surface area contributed by atoms with Gasteiger partial charge in [0.15, 0.2) is 0 Å². The number of sulfonamides is 1. The van der Waals surface area contributed by atoms with Crippen molar-refractivity contribution in [2.24, 2.45) is 5.92 Å². The molecule has 0 radical (unpaired) electrons. The van der Waals surface area contributed by atoms with Gasteiger partial charge in [0.2, 0.25) is 10.0 Å². The quantitative estimate of drug-likeness (QED) is 0.719. The van der Waals surface area contributed by atoms with Crippen molar-refractivity contribution in [1.82, 2.24) is 9.62 Å². The van der Waals surface area contributed by atoms with E-state index in [1.54, 1.807) is 0 Å². The van der Waals surface area contributed by atoms with Crippen molar-refractivity contribution < 1.29 is 17.9 Å². The smallest absolute Gasteiger partial charge is 0.326 e. The van der Waals surface area contributed by atoms with Crippen LogP contribution in [0.4, 0.5) is 0 Å². The Morgan fingerprint density at radius 3 is 2.37 bits per heavy atom. The van der Waals surface area contributed by atoms with Crippen LogP contribution in [-0.2, 0) is 19.6 Å². The number of carbonyl (C=O) groups excluding carboxylic acids is 1. The molecule has 0 aromatic carbocycles. The molecule has 7 heteroatoms. The van der Waals surface area contributed by atoms with Gasteiger partial charge in [0, 0.05) is 13.1 Å². The van der Waals surface area contributed by atoms with Crippen LogP contribution < -0.4 is 5.32 Å². The predicted octanol–water partition coefficient (Wildman–Crippen LogP) is -0.0468. The molecule has 0 spiro atoms. The summed E-state index contributed by atoms with van der Waals surface area (Å²) in [6.45, 7) is 1.55. The molecule has 1 heterocycles. The Balaban J connectivity index is 2.02. The zero-order chi connectivity index (χ0) is 14.1. The second-order valence-corrected chi connectivity index (χ2v) is 7.54. The predicted molar refractivity (Wildman–Crippen MR) is 71.1 cm³/mol. The van der Waals surface area contributed by atoms with Crippen LogP contribution in [-0.4, -0.2) is 57.2 Å². The third-order valence-electron chi connectivity index (χ3n) is 4.05. The first-order valence-corrected chi connectivity index (χ1v) is 8.51. The van der Waals surface area contributed by atoms with Crippen LogP contribution in [0.1, 0.15) is 25.7 Å². The maximum absolute atomic E-state index is 12.0. The number of hydrogen-bond acceptors (Lipinski definition) is 5. The molecule has 19 heavy (non-hydrogen) atoms. The Bertz CT molecular complexity index is 437. The Morgan fingerprint density at radius 1 is 1.37 bits per heavy atom. The number of nitrogens with one attached hydrogen (secondary N) is 1. The van der Waals surface area contributed by atoms with Crippen LogP contribution >= 0.6 is 0 Å². The molecule has 0 aromatic heterocycles. The van der Waals surface area contributed by atoms with Crippen molar-refractivity contribution in [2.75, 3.05) is 33.0 Å². The zero-order valence-corrected chi connectivity index (χ0v) is 12.3. The van der Waals surface area contributed by atoms with Gasteiger partial charge in [-0.2, -0.15) is 0 Å². The summed E-state index contributed by atoms with van der Waals surface area (Å²) in [4.78, 5) is 12.0. The van der Waals surface area contributed by atoms with Gasteiger partial charge in [0.1, 0.15) is 5.54 Å². The summed E-state index contributed by atoms with van der Waals surface area (Å²) in [5.74, 6) is 0.385. The van der Waals surface area contributed by atoms with E-state index < -0.39 is 15.6 Å². The Hall–Kier alpha value is -0.660. The first-order valence-electron chi connectivity index (χ1n) is 6.66. The van der Waals surface area contributed by atoms with Gasteiger partial charge >= 0.3 is 5.97 Å². The highest BCUT2D eigenvalue weighted by molar-refractivity contribution is 7.88. The average molecular weight is 290 g/mol. The standard InChI is InChI=1S/C12H22N2O4S/c1-18-11(15)12(13-9-10-3-4-10)5-7-14(8-6-12)19(2,16)17/h10,13H,3-9H2,1-2H3. The minimum atomic E-state index is -3.17. The second kappa shape index (κ2) is 5.38. The second-order valence-electron chi connectivity index (χ2n) is 5.56.